The zero-order chi connectivity index (χ0) is 12.1. The quantitative estimate of drug-likeness (QED) is 0.899. The van der Waals surface area contributed by atoms with Crippen molar-refractivity contribution < 1.29 is 4.79 Å². The number of rotatable bonds is 4. The molecule has 5 nitrogen and oxygen atoms in total. The smallest absolute Gasteiger partial charge is 0.224 e. The second-order valence-electron chi connectivity index (χ2n) is 3.63. The van der Waals surface area contributed by atoms with Crippen LogP contribution < -0.4 is 10.2 Å². The fourth-order valence-corrected chi connectivity index (χ4v) is 1.65. The fourth-order valence-electron chi connectivity index (χ4n) is 1.35. The van der Waals surface area contributed by atoms with Gasteiger partial charge in [0.2, 0.25) is 5.91 Å². The summed E-state index contributed by atoms with van der Waals surface area (Å²) in [7, 11) is 3.52. The zero-order valence-electron chi connectivity index (χ0n) is 9.57. The normalized spacial score (nSPS) is 12.0. The Morgan fingerprint density at radius 1 is 1.69 bits per heavy atom. The maximum absolute atomic E-state index is 11.4. The average Bonchev–Trinajstić information content (AvgIpc) is 2.27. The van der Waals surface area contributed by atoms with Crippen LogP contribution in [0.25, 0.3) is 0 Å². The number of anilines is 1. The van der Waals surface area contributed by atoms with Crippen molar-refractivity contribution in [1.82, 2.24) is 15.5 Å². The van der Waals surface area contributed by atoms with Gasteiger partial charge in [-0.05, 0) is 22.0 Å². The largest absolute Gasteiger partial charge is 0.359 e. The number of halogens is 1. The van der Waals surface area contributed by atoms with Crippen LogP contribution in [-0.2, 0) is 4.79 Å². The molecule has 88 valence electrons. The molecule has 0 aliphatic rings. The summed E-state index contributed by atoms with van der Waals surface area (Å²) < 4.78 is 0.872. The maximum Gasteiger partial charge on any atom is 0.224 e. The van der Waals surface area contributed by atoms with E-state index >= 15 is 0 Å². The van der Waals surface area contributed by atoms with E-state index < -0.39 is 0 Å². The molecule has 1 aromatic rings. The maximum atomic E-state index is 11.4. The monoisotopic (exact) mass is 286 g/mol. The summed E-state index contributed by atoms with van der Waals surface area (Å²) in [5.41, 5.74) is 0. The van der Waals surface area contributed by atoms with Gasteiger partial charge in [-0.3, -0.25) is 4.79 Å². The molecule has 1 unspecified atom stereocenters. The number of carbonyl (C=O) groups is 1. The fraction of sp³-hybridized carbons (Fsp3) is 0.500. The topological polar surface area (TPSA) is 58.1 Å². The summed E-state index contributed by atoms with van der Waals surface area (Å²) in [5, 5.41) is 10.5. The lowest BCUT2D eigenvalue weighted by molar-refractivity contribution is -0.123. The van der Waals surface area contributed by atoms with E-state index in [9.17, 15) is 4.79 Å². The van der Waals surface area contributed by atoms with E-state index in [4.69, 9.17) is 0 Å². The van der Waals surface area contributed by atoms with Crippen LogP contribution in [0.15, 0.2) is 16.7 Å². The number of hydrogen-bond donors (Lipinski definition) is 1. The molecule has 0 spiro atoms. The minimum Gasteiger partial charge on any atom is -0.359 e. The van der Waals surface area contributed by atoms with Crippen molar-refractivity contribution >= 4 is 27.7 Å². The number of hydrogen-bond acceptors (Lipinski definition) is 4. The third-order valence-electron chi connectivity index (χ3n) is 2.24. The molecule has 1 rings (SSSR count). The van der Waals surface area contributed by atoms with Gasteiger partial charge in [0.05, 0.1) is 12.1 Å². The van der Waals surface area contributed by atoms with Crippen LogP contribution in [0.4, 0.5) is 5.82 Å². The van der Waals surface area contributed by atoms with E-state index in [1.54, 1.807) is 13.2 Å². The van der Waals surface area contributed by atoms with Crippen LogP contribution in [0.3, 0.4) is 0 Å². The van der Waals surface area contributed by atoms with Crippen LogP contribution in [0.1, 0.15) is 6.92 Å². The molecule has 1 atom stereocenters. The van der Waals surface area contributed by atoms with E-state index in [2.05, 4.69) is 31.4 Å². The third kappa shape index (κ3) is 3.44. The van der Waals surface area contributed by atoms with Crippen LogP contribution in [-0.4, -0.2) is 36.7 Å². The first-order chi connectivity index (χ1) is 7.54. The van der Waals surface area contributed by atoms with Gasteiger partial charge in [-0.15, -0.1) is 5.10 Å². The molecule has 16 heavy (non-hydrogen) atoms. The molecule has 0 saturated heterocycles. The number of carbonyl (C=O) groups excluding carboxylic acids is 1. The first-order valence-electron chi connectivity index (χ1n) is 4.95. The molecular weight excluding hydrogens is 272 g/mol. The Hall–Kier alpha value is -1.17. The Morgan fingerprint density at radius 2 is 2.38 bits per heavy atom. The highest BCUT2D eigenvalue weighted by Gasteiger charge is 2.14. The molecule has 1 amide bonds. The predicted octanol–water partition coefficient (Wildman–Crippen LogP) is 1.06. The summed E-state index contributed by atoms with van der Waals surface area (Å²) >= 11 is 3.33. The lowest BCUT2D eigenvalue weighted by Gasteiger charge is -2.21. The standard InChI is InChI=1S/C10H15BrN4O/c1-7(10(16)12-2)6-15(3)9-4-8(11)5-13-14-9/h4-5,7H,6H2,1-3H3,(H,12,16). The minimum atomic E-state index is -0.0872. The van der Waals surface area contributed by atoms with Crippen molar-refractivity contribution in [1.29, 1.82) is 0 Å². The highest BCUT2D eigenvalue weighted by atomic mass is 79.9. The lowest BCUT2D eigenvalue weighted by Crippen LogP contribution is -2.34. The average molecular weight is 287 g/mol. The lowest BCUT2D eigenvalue weighted by atomic mass is 10.1. The molecule has 0 aromatic carbocycles. The number of nitrogens with zero attached hydrogens (tertiary/aromatic N) is 3. The zero-order valence-corrected chi connectivity index (χ0v) is 11.2. The van der Waals surface area contributed by atoms with E-state index in [0.717, 1.165) is 10.3 Å². The van der Waals surface area contributed by atoms with E-state index in [1.165, 1.54) is 0 Å². The summed E-state index contributed by atoms with van der Waals surface area (Å²) in [6.45, 7) is 2.48. The third-order valence-corrected chi connectivity index (χ3v) is 2.67. The number of aromatic nitrogens is 2. The first-order valence-corrected chi connectivity index (χ1v) is 5.75. The van der Waals surface area contributed by atoms with Gasteiger partial charge in [0.1, 0.15) is 0 Å². The summed E-state index contributed by atoms with van der Waals surface area (Å²) in [4.78, 5) is 13.3. The molecule has 0 aliphatic carbocycles. The molecule has 6 heteroatoms. The second kappa shape index (κ2) is 5.79. The Kier molecular flexibility index (Phi) is 4.67. The van der Waals surface area contributed by atoms with Gasteiger partial charge in [0.25, 0.3) is 0 Å². The van der Waals surface area contributed by atoms with E-state index in [1.807, 2.05) is 24.9 Å². The Labute approximate surface area is 103 Å². The molecule has 1 N–H and O–H groups in total. The van der Waals surface area contributed by atoms with Gasteiger partial charge in [0.15, 0.2) is 5.82 Å². The predicted molar refractivity (Wildman–Crippen MR) is 66.2 cm³/mol. The number of amides is 1. The Morgan fingerprint density at radius 3 is 2.94 bits per heavy atom. The van der Waals surface area contributed by atoms with E-state index in [0.29, 0.717) is 6.54 Å². The summed E-state index contributed by atoms with van der Waals surface area (Å²) in [5.74, 6) is 0.677. The van der Waals surface area contributed by atoms with Crippen molar-refractivity contribution in [2.45, 2.75) is 6.92 Å². The van der Waals surface area contributed by atoms with Gasteiger partial charge in [-0.1, -0.05) is 6.92 Å². The van der Waals surface area contributed by atoms with Crippen LogP contribution in [0.2, 0.25) is 0 Å². The molecule has 1 aromatic heterocycles. The molecule has 0 bridgehead atoms. The van der Waals surface area contributed by atoms with Gasteiger partial charge >= 0.3 is 0 Å². The molecule has 1 heterocycles. The molecular formula is C10H15BrN4O. The van der Waals surface area contributed by atoms with E-state index in [-0.39, 0.29) is 11.8 Å². The Bertz CT molecular complexity index is 372. The molecule has 0 saturated carbocycles. The van der Waals surface area contributed by atoms with Crippen molar-refractivity contribution in [2.75, 3.05) is 25.5 Å². The Balaban J connectivity index is 2.65. The molecule has 0 fully saturated rings. The SMILES string of the molecule is CNC(=O)C(C)CN(C)c1cc(Br)cnn1. The van der Waals surface area contributed by atoms with Gasteiger partial charge < -0.3 is 10.2 Å². The first kappa shape index (κ1) is 12.9. The summed E-state index contributed by atoms with van der Waals surface area (Å²) in [6, 6.07) is 1.86. The van der Waals surface area contributed by atoms with Gasteiger partial charge in [-0.25, -0.2) is 0 Å². The second-order valence-corrected chi connectivity index (χ2v) is 4.54. The molecule has 0 aliphatic heterocycles. The summed E-state index contributed by atoms with van der Waals surface area (Å²) in [6.07, 6.45) is 1.62. The van der Waals surface area contributed by atoms with Crippen molar-refractivity contribution in [2.24, 2.45) is 5.92 Å². The van der Waals surface area contributed by atoms with Crippen LogP contribution >= 0.6 is 15.9 Å². The van der Waals surface area contributed by atoms with Crippen LogP contribution in [0, 0.1) is 5.92 Å². The molecule has 0 radical (unpaired) electrons. The van der Waals surface area contributed by atoms with Crippen molar-refractivity contribution in [3.63, 3.8) is 0 Å². The number of nitrogens with one attached hydrogen (secondary N) is 1. The highest BCUT2D eigenvalue weighted by Crippen LogP contribution is 2.15. The highest BCUT2D eigenvalue weighted by molar-refractivity contribution is 9.10. The van der Waals surface area contributed by atoms with Crippen molar-refractivity contribution in [3.8, 4) is 0 Å². The van der Waals surface area contributed by atoms with Gasteiger partial charge in [0, 0.05) is 25.1 Å². The van der Waals surface area contributed by atoms with Crippen molar-refractivity contribution in [3.05, 3.63) is 16.7 Å². The van der Waals surface area contributed by atoms with Gasteiger partial charge in [-0.2, -0.15) is 5.10 Å². The van der Waals surface area contributed by atoms with Crippen LogP contribution in [0.5, 0.6) is 0 Å². The minimum absolute atomic E-state index is 0.0230.